The molecule has 0 unspecified atom stereocenters. The smallest absolute Gasteiger partial charge is 0.257 e. The molecule has 1 aromatic carbocycles. The summed E-state index contributed by atoms with van der Waals surface area (Å²) in [4.78, 5) is 16.9. The van der Waals surface area contributed by atoms with E-state index in [2.05, 4.69) is 10.3 Å². The molecule has 0 radical (unpaired) electrons. The summed E-state index contributed by atoms with van der Waals surface area (Å²) in [6.07, 6.45) is 4.23. The highest BCUT2D eigenvalue weighted by molar-refractivity contribution is 7.89. The largest absolute Gasteiger partial charge is 0.475 e. The van der Waals surface area contributed by atoms with E-state index in [0.717, 1.165) is 19.3 Å². The van der Waals surface area contributed by atoms with Gasteiger partial charge in [0.25, 0.3) is 5.91 Å². The average Bonchev–Trinajstić information content (AvgIpc) is 2.70. The summed E-state index contributed by atoms with van der Waals surface area (Å²) >= 11 is 0. The van der Waals surface area contributed by atoms with Crippen LogP contribution in [0.4, 0.5) is 5.69 Å². The number of amides is 1. The molecule has 1 N–H and O–H groups in total. The third-order valence-corrected chi connectivity index (χ3v) is 6.77. The predicted octanol–water partition coefficient (Wildman–Crippen LogP) is 3.60. The molecule has 2 heterocycles. The molecule has 2 aromatic rings. The van der Waals surface area contributed by atoms with Crippen LogP contribution in [0.1, 0.15) is 49.0 Å². The van der Waals surface area contributed by atoms with Crippen LogP contribution in [0, 0.1) is 6.92 Å². The standard InChI is InChI=1S/C21H27N3O4S/c1-15(2)28-20-10-8-17(14-22-20)21(25)23-18-9-7-16(3)19(13-18)29(26,27)24-11-5-4-6-12-24/h7-10,13-15H,4-6,11-12H2,1-3H3,(H,23,25). The van der Waals surface area contributed by atoms with Crippen LogP contribution in [0.15, 0.2) is 41.4 Å². The average molecular weight is 418 g/mol. The van der Waals surface area contributed by atoms with Crippen molar-refractivity contribution in [1.82, 2.24) is 9.29 Å². The van der Waals surface area contributed by atoms with Crippen molar-refractivity contribution in [3.8, 4) is 5.88 Å². The van der Waals surface area contributed by atoms with Crippen LogP contribution in [-0.2, 0) is 10.0 Å². The summed E-state index contributed by atoms with van der Waals surface area (Å²) in [5, 5.41) is 2.76. The number of nitrogens with one attached hydrogen (secondary N) is 1. The van der Waals surface area contributed by atoms with Crippen LogP contribution in [0.3, 0.4) is 0 Å². The Hall–Kier alpha value is -2.45. The number of aryl methyl sites for hydroxylation is 1. The van der Waals surface area contributed by atoms with Gasteiger partial charge in [-0.05, 0) is 57.4 Å². The molecule has 1 amide bonds. The Labute approximate surface area is 172 Å². The lowest BCUT2D eigenvalue weighted by atomic mass is 10.2. The molecule has 0 aliphatic carbocycles. The van der Waals surface area contributed by atoms with E-state index >= 15 is 0 Å². The van der Waals surface area contributed by atoms with Gasteiger partial charge in [-0.2, -0.15) is 4.31 Å². The van der Waals surface area contributed by atoms with Gasteiger partial charge in [-0.3, -0.25) is 4.79 Å². The molecule has 1 aliphatic rings. The fraction of sp³-hybridized carbons (Fsp3) is 0.429. The van der Waals surface area contributed by atoms with Crippen molar-refractivity contribution in [3.05, 3.63) is 47.7 Å². The minimum absolute atomic E-state index is 0.00462. The molecule has 7 nitrogen and oxygen atoms in total. The number of nitrogens with zero attached hydrogens (tertiary/aromatic N) is 2. The number of rotatable bonds is 6. The van der Waals surface area contributed by atoms with Gasteiger partial charge in [0, 0.05) is 31.0 Å². The number of sulfonamides is 1. The number of benzene rings is 1. The highest BCUT2D eigenvalue weighted by Gasteiger charge is 2.27. The van der Waals surface area contributed by atoms with E-state index < -0.39 is 10.0 Å². The summed E-state index contributed by atoms with van der Waals surface area (Å²) < 4.78 is 33.1. The Morgan fingerprint density at radius 3 is 2.48 bits per heavy atom. The maximum Gasteiger partial charge on any atom is 0.257 e. The number of carbonyl (C=O) groups is 1. The van der Waals surface area contributed by atoms with E-state index in [1.54, 1.807) is 31.2 Å². The van der Waals surface area contributed by atoms with Crippen molar-refractivity contribution in [3.63, 3.8) is 0 Å². The quantitative estimate of drug-likeness (QED) is 0.776. The molecule has 1 aromatic heterocycles. The molecule has 0 spiro atoms. The Balaban J connectivity index is 1.78. The molecule has 1 fully saturated rings. The van der Waals surface area contributed by atoms with Crippen LogP contribution >= 0.6 is 0 Å². The van der Waals surface area contributed by atoms with E-state index in [4.69, 9.17) is 4.74 Å². The van der Waals surface area contributed by atoms with Crippen molar-refractivity contribution in [2.24, 2.45) is 0 Å². The molecule has 156 valence electrons. The molecule has 8 heteroatoms. The Morgan fingerprint density at radius 2 is 1.86 bits per heavy atom. The van der Waals surface area contributed by atoms with Gasteiger partial charge in [0.1, 0.15) is 0 Å². The first-order valence-corrected chi connectivity index (χ1v) is 11.3. The minimum Gasteiger partial charge on any atom is -0.475 e. The van der Waals surface area contributed by atoms with Crippen molar-refractivity contribution in [1.29, 1.82) is 0 Å². The van der Waals surface area contributed by atoms with E-state index in [9.17, 15) is 13.2 Å². The predicted molar refractivity (Wildman–Crippen MR) is 112 cm³/mol. The molecule has 3 rings (SSSR count). The highest BCUT2D eigenvalue weighted by atomic mass is 32.2. The normalized spacial score (nSPS) is 15.3. The second-order valence-electron chi connectivity index (χ2n) is 7.45. The van der Waals surface area contributed by atoms with Gasteiger partial charge >= 0.3 is 0 Å². The first-order valence-electron chi connectivity index (χ1n) is 9.82. The van der Waals surface area contributed by atoms with Gasteiger partial charge in [-0.1, -0.05) is 12.5 Å². The zero-order chi connectivity index (χ0) is 21.0. The zero-order valence-electron chi connectivity index (χ0n) is 17.0. The van der Waals surface area contributed by atoms with Gasteiger partial charge in [-0.15, -0.1) is 0 Å². The second kappa shape index (κ2) is 8.92. The van der Waals surface area contributed by atoms with Gasteiger partial charge in [0.15, 0.2) is 0 Å². The van der Waals surface area contributed by atoms with Gasteiger partial charge in [-0.25, -0.2) is 13.4 Å². The van der Waals surface area contributed by atoms with E-state index in [-0.39, 0.29) is 16.9 Å². The lowest BCUT2D eigenvalue weighted by Gasteiger charge is -2.26. The number of ether oxygens (including phenoxy) is 1. The molecule has 0 atom stereocenters. The Morgan fingerprint density at radius 1 is 1.14 bits per heavy atom. The van der Waals surface area contributed by atoms with Crippen LogP contribution in [-0.4, -0.2) is 42.8 Å². The van der Waals surface area contributed by atoms with Crippen molar-refractivity contribution < 1.29 is 17.9 Å². The number of anilines is 1. The summed E-state index contributed by atoms with van der Waals surface area (Å²) in [7, 11) is -3.58. The Kier molecular flexibility index (Phi) is 6.54. The van der Waals surface area contributed by atoms with Gasteiger partial charge < -0.3 is 10.1 Å². The number of aromatic nitrogens is 1. The van der Waals surface area contributed by atoms with Crippen molar-refractivity contribution >= 4 is 21.6 Å². The van der Waals surface area contributed by atoms with Gasteiger partial charge in [0.2, 0.25) is 15.9 Å². The molecule has 1 aliphatic heterocycles. The fourth-order valence-corrected chi connectivity index (χ4v) is 5.00. The number of piperidine rings is 1. The van der Waals surface area contributed by atoms with Crippen molar-refractivity contribution in [2.45, 2.75) is 51.0 Å². The minimum atomic E-state index is -3.58. The third-order valence-electron chi connectivity index (χ3n) is 4.73. The monoisotopic (exact) mass is 417 g/mol. The zero-order valence-corrected chi connectivity index (χ0v) is 17.8. The fourth-order valence-electron chi connectivity index (χ4n) is 3.23. The lowest BCUT2D eigenvalue weighted by molar-refractivity contribution is 0.102. The van der Waals surface area contributed by atoms with E-state index in [0.29, 0.717) is 35.8 Å². The maximum absolute atomic E-state index is 13.0. The second-order valence-corrected chi connectivity index (χ2v) is 9.36. The van der Waals surface area contributed by atoms with Crippen LogP contribution in [0.5, 0.6) is 5.88 Å². The topological polar surface area (TPSA) is 88.6 Å². The van der Waals surface area contributed by atoms with Crippen LogP contribution in [0.25, 0.3) is 0 Å². The highest BCUT2D eigenvalue weighted by Crippen LogP contribution is 2.26. The summed E-state index contributed by atoms with van der Waals surface area (Å²) in [5.74, 6) is 0.0839. The SMILES string of the molecule is Cc1ccc(NC(=O)c2ccc(OC(C)C)nc2)cc1S(=O)(=O)N1CCCCC1. The molecule has 0 saturated carbocycles. The Bertz CT molecular complexity index is 966. The molecule has 29 heavy (non-hydrogen) atoms. The number of hydrogen-bond donors (Lipinski definition) is 1. The van der Waals surface area contributed by atoms with Crippen LogP contribution in [0.2, 0.25) is 0 Å². The summed E-state index contributed by atoms with van der Waals surface area (Å²) in [6, 6.07) is 8.20. The first-order chi connectivity index (χ1) is 13.8. The van der Waals surface area contributed by atoms with Crippen molar-refractivity contribution in [2.75, 3.05) is 18.4 Å². The molecular formula is C21H27N3O4S. The maximum atomic E-state index is 13.0. The number of hydrogen-bond acceptors (Lipinski definition) is 5. The number of carbonyl (C=O) groups excluding carboxylic acids is 1. The molecule has 0 bridgehead atoms. The van der Waals surface area contributed by atoms with E-state index in [1.165, 1.54) is 16.6 Å². The number of pyridine rings is 1. The van der Waals surface area contributed by atoms with Gasteiger partial charge in [0.05, 0.1) is 16.6 Å². The summed E-state index contributed by atoms with van der Waals surface area (Å²) in [6.45, 7) is 6.63. The summed E-state index contributed by atoms with van der Waals surface area (Å²) in [5.41, 5.74) is 1.45. The van der Waals surface area contributed by atoms with Crippen LogP contribution < -0.4 is 10.1 Å². The molecular weight excluding hydrogens is 390 g/mol. The first kappa shape index (κ1) is 21.3. The lowest BCUT2D eigenvalue weighted by Crippen LogP contribution is -2.36. The molecule has 1 saturated heterocycles. The van der Waals surface area contributed by atoms with E-state index in [1.807, 2.05) is 13.8 Å². The third kappa shape index (κ3) is 5.13.